The summed E-state index contributed by atoms with van der Waals surface area (Å²) in [6, 6.07) is 15.2. The van der Waals surface area contributed by atoms with Gasteiger partial charge in [0.2, 0.25) is 0 Å². The molecule has 2 aromatic carbocycles. The maximum atomic E-state index is 11.2. The Balaban J connectivity index is 1.40. The quantitative estimate of drug-likeness (QED) is 0.550. The van der Waals surface area contributed by atoms with Crippen LogP contribution in [0.2, 0.25) is 0 Å². The molecule has 0 spiro atoms. The van der Waals surface area contributed by atoms with Crippen LogP contribution in [-0.2, 0) is 17.6 Å². The number of para-hydroxylation sites is 1. The van der Waals surface area contributed by atoms with Crippen LogP contribution in [0.15, 0.2) is 48.5 Å². The number of aliphatic hydroxyl groups excluding tert-OH is 1. The highest BCUT2D eigenvalue weighted by Crippen LogP contribution is 2.32. The third kappa shape index (κ3) is 3.79. The first-order valence-corrected chi connectivity index (χ1v) is 9.90. The molecule has 0 aliphatic heterocycles. The Morgan fingerprint density at radius 2 is 2.14 bits per heavy atom. The number of H-pyrrole nitrogens is 1. The summed E-state index contributed by atoms with van der Waals surface area (Å²) in [6.07, 6.45) is 6.38. The topological polar surface area (TPSA) is 65.1 Å². The second kappa shape index (κ2) is 8.13. The number of fused-ring (bicyclic) bond motifs is 2. The number of aromatic amines is 1. The number of rotatable bonds is 7. The van der Waals surface area contributed by atoms with Crippen molar-refractivity contribution in [1.29, 1.82) is 0 Å². The van der Waals surface area contributed by atoms with E-state index in [0.717, 1.165) is 31.4 Å². The van der Waals surface area contributed by atoms with Crippen LogP contribution in [0.1, 0.15) is 40.4 Å². The number of aromatic nitrogens is 1. The highest BCUT2D eigenvalue weighted by atomic mass is 16.3. The monoisotopic (exact) mass is 374 g/mol. The maximum Gasteiger partial charge on any atom is 0.181 e. The van der Waals surface area contributed by atoms with E-state index in [4.69, 9.17) is 5.11 Å². The average Bonchev–Trinajstić information content (AvgIpc) is 3.26. The third-order valence-electron chi connectivity index (χ3n) is 5.66. The normalized spacial score (nSPS) is 16.1. The Morgan fingerprint density at radius 3 is 3.00 bits per heavy atom. The minimum Gasteiger partial charge on any atom is -0.388 e. The van der Waals surface area contributed by atoms with Gasteiger partial charge in [0.15, 0.2) is 5.78 Å². The predicted molar refractivity (Wildman–Crippen MR) is 113 cm³/mol. The lowest BCUT2D eigenvalue weighted by Gasteiger charge is -2.14. The van der Waals surface area contributed by atoms with E-state index in [9.17, 15) is 4.79 Å². The van der Waals surface area contributed by atoms with Crippen LogP contribution in [0.25, 0.3) is 17.0 Å². The zero-order valence-electron chi connectivity index (χ0n) is 16.2. The van der Waals surface area contributed by atoms with Gasteiger partial charge in [-0.1, -0.05) is 42.5 Å². The van der Waals surface area contributed by atoms with Crippen LogP contribution in [0.4, 0.5) is 0 Å². The predicted octanol–water partition coefficient (Wildman–Crippen LogP) is 3.87. The molecule has 0 radical (unpaired) electrons. The molecule has 28 heavy (non-hydrogen) atoms. The number of aryl methyl sites for hydroxylation is 2. The molecule has 1 aromatic heterocycles. The molecule has 3 N–H and O–H groups in total. The van der Waals surface area contributed by atoms with Gasteiger partial charge in [0.05, 0.1) is 0 Å². The second-order valence-corrected chi connectivity index (χ2v) is 7.49. The molecule has 1 heterocycles. The lowest BCUT2D eigenvalue weighted by Crippen LogP contribution is -2.22. The Kier molecular flexibility index (Phi) is 5.42. The van der Waals surface area contributed by atoms with Crippen LogP contribution in [0, 0.1) is 6.92 Å². The molecule has 0 bridgehead atoms. The number of hydrogen-bond donors (Lipinski definition) is 3. The van der Waals surface area contributed by atoms with E-state index in [-0.39, 0.29) is 5.78 Å². The summed E-state index contributed by atoms with van der Waals surface area (Å²) >= 11 is 0. The largest absolute Gasteiger partial charge is 0.388 e. The van der Waals surface area contributed by atoms with Crippen LogP contribution >= 0.6 is 0 Å². The zero-order chi connectivity index (χ0) is 19.5. The van der Waals surface area contributed by atoms with E-state index in [0.29, 0.717) is 6.04 Å². The lowest BCUT2D eigenvalue weighted by atomic mass is 10.0. The van der Waals surface area contributed by atoms with Gasteiger partial charge < -0.3 is 15.4 Å². The SMILES string of the molecule is Cc1[nH]c2ccccc2c1CCNC1CCc2cc(/C=C/C(=O)CO)ccc21. The standard InChI is InChI=1S/C24H26N2O2/c1-16-20(22-4-2-3-5-24(22)26-16)12-13-25-23-11-8-18-14-17(7-10-21(18)23)6-9-19(28)15-27/h2-7,9-10,14,23,25-27H,8,11-13,15H2,1H3/b9-6+. The summed E-state index contributed by atoms with van der Waals surface area (Å²) in [5.74, 6) is -0.271. The molecule has 0 saturated heterocycles. The van der Waals surface area contributed by atoms with E-state index in [1.54, 1.807) is 6.08 Å². The van der Waals surface area contributed by atoms with Crippen LogP contribution in [-0.4, -0.2) is 29.0 Å². The maximum absolute atomic E-state index is 11.2. The first kappa shape index (κ1) is 18.7. The fourth-order valence-electron chi connectivity index (χ4n) is 4.22. The van der Waals surface area contributed by atoms with Gasteiger partial charge in [-0.05, 0) is 67.1 Å². The molecule has 1 aliphatic carbocycles. The number of aliphatic hydroxyl groups is 1. The van der Waals surface area contributed by atoms with Gasteiger partial charge in [-0.2, -0.15) is 0 Å². The minimum atomic E-state index is -0.441. The van der Waals surface area contributed by atoms with Crippen LogP contribution in [0.5, 0.6) is 0 Å². The highest BCUT2D eigenvalue weighted by Gasteiger charge is 2.22. The smallest absolute Gasteiger partial charge is 0.181 e. The van der Waals surface area contributed by atoms with Crippen molar-refractivity contribution in [2.75, 3.05) is 13.2 Å². The number of carbonyl (C=O) groups is 1. The highest BCUT2D eigenvalue weighted by molar-refractivity contribution is 5.94. The van der Waals surface area contributed by atoms with E-state index in [1.165, 1.54) is 39.4 Å². The number of nitrogens with one attached hydrogen (secondary N) is 2. The van der Waals surface area contributed by atoms with Gasteiger partial charge in [-0.15, -0.1) is 0 Å². The van der Waals surface area contributed by atoms with Crippen molar-refractivity contribution in [3.63, 3.8) is 0 Å². The van der Waals surface area contributed by atoms with Gasteiger partial charge in [0, 0.05) is 22.6 Å². The van der Waals surface area contributed by atoms with E-state index in [2.05, 4.69) is 53.6 Å². The summed E-state index contributed by atoms with van der Waals surface area (Å²) in [7, 11) is 0. The summed E-state index contributed by atoms with van der Waals surface area (Å²) in [5.41, 5.74) is 7.58. The summed E-state index contributed by atoms with van der Waals surface area (Å²) in [4.78, 5) is 14.7. The lowest BCUT2D eigenvalue weighted by molar-refractivity contribution is -0.117. The average molecular weight is 374 g/mol. The summed E-state index contributed by atoms with van der Waals surface area (Å²) < 4.78 is 0. The van der Waals surface area contributed by atoms with Crippen LogP contribution < -0.4 is 5.32 Å². The van der Waals surface area contributed by atoms with Crippen molar-refractivity contribution in [2.24, 2.45) is 0 Å². The summed E-state index contributed by atoms with van der Waals surface area (Å²) in [5, 5.41) is 13.9. The third-order valence-corrected chi connectivity index (χ3v) is 5.66. The number of ketones is 1. The molecule has 0 amide bonds. The molecule has 0 saturated carbocycles. The zero-order valence-corrected chi connectivity index (χ0v) is 16.2. The Labute approximate surface area is 165 Å². The number of hydrogen-bond acceptors (Lipinski definition) is 3. The molecule has 4 heteroatoms. The minimum absolute atomic E-state index is 0.271. The molecular formula is C24H26N2O2. The Morgan fingerprint density at radius 1 is 1.29 bits per heavy atom. The number of benzene rings is 2. The fourth-order valence-corrected chi connectivity index (χ4v) is 4.22. The van der Waals surface area contributed by atoms with E-state index < -0.39 is 6.61 Å². The van der Waals surface area contributed by atoms with Crippen molar-refractivity contribution >= 4 is 22.8 Å². The van der Waals surface area contributed by atoms with Crippen molar-refractivity contribution < 1.29 is 9.90 Å². The molecule has 1 unspecified atom stereocenters. The first-order valence-electron chi connectivity index (χ1n) is 9.90. The van der Waals surface area contributed by atoms with Crippen LogP contribution in [0.3, 0.4) is 0 Å². The second-order valence-electron chi connectivity index (χ2n) is 7.49. The van der Waals surface area contributed by atoms with Crippen molar-refractivity contribution in [3.8, 4) is 0 Å². The van der Waals surface area contributed by atoms with Gasteiger partial charge in [-0.25, -0.2) is 0 Å². The molecule has 0 fully saturated rings. The van der Waals surface area contributed by atoms with Crippen molar-refractivity contribution in [2.45, 2.75) is 32.2 Å². The number of carbonyl (C=O) groups excluding carboxylic acids is 1. The van der Waals surface area contributed by atoms with E-state index in [1.807, 2.05) is 6.07 Å². The molecule has 1 aliphatic rings. The Hall–Kier alpha value is -2.69. The fraction of sp³-hybridized carbons (Fsp3) is 0.292. The molecular weight excluding hydrogens is 348 g/mol. The van der Waals surface area contributed by atoms with Gasteiger partial charge in [0.1, 0.15) is 6.61 Å². The van der Waals surface area contributed by atoms with Gasteiger partial charge in [0.25, 0.3) is 0 Å². The van der Waals surface area contributed by atoms with Crippen molar-refractivity contribution in [1.82, 2.24) is 10.3 Å². The molecule has 3 aromatic rings. The van der Waals surface area contributed by atoms with E-state index >= 15 is 0 Å². The van der Waals surface area contributed by atoms with Crippen molar-refractivity contribution in [3.05, 3.63) is 76.5 Å². The molecule has 1 atom stereocenters. The molecule has 4 nitrogen and oxygen atoms in total. The molecule has 4 rings (SSSR count). The molecule has 144 valence electrons. The Bertz CT molecular complexity index is 1030. The summed E-state index contributed by atoms with van der Waals surface area (Å²) in [6.45, 7) is 2.65. The van der Waals surface area contributed by atoms with Gasteiger partial charge >= 0.3 is 0 Å². The van der Waals surface area contributed by atoms with Gasteiger partial charge in [-0.3, -0.25) is 4.79 Å². The first-order chi connectivity index (χ1) is 13.7.